The van der Waals surface area contributed by atoms with Gasteiger partial charge in [0.2, 0.25) is 0 Å². The van der Waals surface area contributed by atoms with E-state index in [2.05, 4.69) is 11.9 Å². The molecule has 2 aliphatic heterocycles. The van der Waals surface area contributed by atoms with Crippen molar-refractivity contribution in [3.05, 3.63) is 22.7 Å². The zero-order chi connectivity index (χ0) is 20.3. The molecule has 28 heavy (non-hydrogen) atoms. The Morgan fingerprint density at radius 2 is 2.00 bits per heavy atom. The van der Waals surface area contributed by atoms with Crippen molar-refractivity contribution in [1.29, 1.82) is 0 Å². The van der Waals surface area contributed by atoms with E-state index in [1.807, 2.05) is 31.7 Å². The number of rotatable bonds is 3. The van der Waals surface area contributed by atoms with Gasteiger partial charge in [-0.3, -0.25) is 0 Å². The summed E-state index contributed by atoms with van der Waals surface area (Å²) in [4.78, 5) is 22.1. The first-order valence-electron chi connectivity index (χ1n) is 9.53. The van der Waals surface area contributed by atoms with Crippen molar-refractivity contribution in [2.24, 2.45) is 5.41 Å². The first kappa shape index (κ1) is 19.4. The van der Waals surface area contributed by atoms with E-state index in [1.54, 1.807) is 16.2 Å². The molecule has 0 radical (unpaired) electrons. The monoisotopic (exact) mass is 409 g/mol. The fraction of sp³-hybridized carbons (Fsp3) is 0.600. The Bertz CT molecular complexity index is 908. The SMILES string of the molecule is CCc1cc2c(N3CC4(CN(C(=O)OC(C)(C)C)C4)C3)c(C(F)F)cnc2s1. The first-order chi connectivity index (χ1) is 13.1. The summed E-state index contributed by atoms with van der Waals surface area (Å²) in [6, 6.07) is 1.99. The van der Waals surface area contributed by atoms with Gasteiger partial charge in [0.25, 0.3) is 6.43 Å². The Morgan fingerprint density at radius 3 is 2.57 bits per heavy atom. The van der Waals surface area contributed by atoms with Crippen LogP contribution in [0.2, 0.25) is 0 Å². The van der Waals surface area contributed by atoms with E-state index >= 15 is 0 Å². The molecule has 2 aliphatic rings. The van der Waals surface area contributed by atoms with Crippen molar-refractivity contribution in [3.63, 3.8) is 0 Å². The zero-order valence-electron chi connectivity index (χ0n) is 16.6. The fourth-order valence-electron chi connectivity index (χ4n) is 4.07. The van der Waals surface area contributed by atoms with Gasteiger partial charge in [-0.05, 0) is 33.3 Å². The number of thiophene rings is 1. The number of hydrogen-bond donors (Lipinski definition) is 0. The second-order valence-corrected chi connectivity index (χ2v) is 9.96. The van der Waals surface area contributed by atoms with Crippen LogP contribution >= 0.6 is 11.3 Å². The molecule has 152 valence electrons. The van der Waals surface area contributed by atoms with Crippen LogP contribution in [0.3, 0.4) is 0 Å². The minimum atomic E-state index is -2.56. The Balaban J connectivity index is 1.51. The number of carbonyl (C=O) groups is 1. The molecule has 0 aliphatic carbocycles. The van der Waals surface area contributed by atoms with Crippen molar-refractivity contribution in [2.75, 3.05) is 31.1 Å². The molecular weight excluding hydrogens is 384 g/mol. The van der Waals surface area contributed by atoms with E-state index in [0.717, 1.165) is 21.5 Å². The van der Waals surface area contributed by atoms with Gasteiger partial charge in [0.05, 0.1) is 11.3 Å². The molecule has 1 amide bonds. The molecule has 0 saturated carbocycles. The Labute approximate surface area is 167 Å². The lowest BCUT2D eigenvalue weighted by molar-refractivity contribution is -0.0453. The van der Waals surface area contributed by atoms with Crippen LogP contribution in [-0.2, 0) is 11.2 Å². The maximum Gasteiger partial charge on any atom is 0.410 e. The maximum absolute atomic E-state index is 13.6. The van der Waals surface area contributed by atoms with Crippen LogP contribution in [0.4, 0.5) is 19.3 Å². The van der Waals surface area contributed by atoms with Gasteiger partial charge in [-0.25, -0.2) is 18.6 Å². The van der Waals surface area contributed by atoms with Crippen molar-refractivity contribution < 1.29 is 18.3 Å². The highest BCUT2D eigenvalue weighted by Crippen LogP contribution is 2.47. The lowest BCUT2D eigenvalue weighted by Crippen LogP contribution is -2.73. The van der Waals surface area contributed by atoms with E-state index in [9.17, 15) is 13.6 Å². The number of hydrogen-bond acceptors (Lipinski definition) is 5. The predicted molar refractivity (Wildman–Crippen MR) is 106 cm³/mol. The Morgan fingerprint density at radius 1 is 1.32 bits per heavy atom. The molecule has 0 N–H and O–H groups in total. The molecule has 2 saturated heterocycles. The lowest BCUT2D eigenvalue weighted by Gasteiger charge is -2.60. The summed E-state index contributed by atoms with van der Waals surface area (Å²) in [5, 5.41) is 0.817. The second-order valence-electron chi connectivity index (χ2n) is 8.84. The lowest BCUT2D eigenvalue weighted by atomic mass is 9.72. The van der Waals surface area contributed by atoms with E-state index in [0.29, 0.717) is 31.9 Å². The van der Waals surface area contributed by atoms with Gasteiger partial charge in [-0.15, -0.1) is 11.3 Å². The van der Waals surface area contributed by atoms with Crippen LogP contribution in [0.15, 0.2) is 12.3 Å². The summed E-state index contributed by atoms with van der Waals surface area (Å²) in [6.45, 7) is 10.1. The average molecular weight is 410 g/mol. The quantitative estimate of drug-likeness (QED) is 0.727. The van der Waals surface area contributed by atoms with Crippen molar-refractivity contribution in [3.8, 4) is 0 Å². The summed E-state index contributed by atoms with van der Waals surface area (Å²) in [6.07, 6.45) is -0.689. The zero-order valence-corrected chi connectivity index (χ0v) is 17.4. The van der Waals surface area contributed by atoms with Gasteiger partial charge in [0.1, 0.15) is 10.4 Å². The molecule has 4 heterocycles. The van der Waals surface area contributed by atoms with Crippen LogP contribution in [0.25, 0.3) is 10.2 Å². The van der Waals surface area contributed by atoms with E-state index in [4.69, 9.17) is 4.74 Å². The molecule has 1 spiro atoms. The smallest absolute Gasteiger partial charge is 0.410 e. The molecular formula is C20H25F2N3O2S. The molecule has 4 rings (SSSR count). The van der Waals surface area contributed by atoms with Gasteiger partial charge in [0.15, 0.2) is 0 Å². The second kappa shape index (κ2) is 6.54. The van der Waals surface area contributed by atoms with Crippen molar-refractivity contribution in [2.45, 2.75) is 46.1 Å². The number of anilines is 1. The van der Waals surface area contributed by atoms with Crippen LogP contribution < -0.4 is 4.90 Å². The summed E-state index contributed by atoms with van der Waals surface area (Å²) in [5.74, 6) is 0. The van der Waals surface area contributed by atoms with Gasteiger partial charge >= 0.3 is 6.09 Å². The number of aromatic nitrogens is 1. The Kier molecular flexibility index (Phi) is 4.52. The standard InChI is InChI=1S/C20H25F2N3O2S/c1-5-12-6-13-15(14(16(21)22)7-23-17(13)28-12)24-8-20(9-24)10-25(11-20)18(26)27-19(2,3)4/h6-7,16H,5,8-11H2,1-4H3. The van der Waals surface area contributed by atoms with E-state index in [-0.39, 0.29) is 17.1 Å². The average Bonchev–Trinajstić information content (AvgIpc) is 2.93. The summed E-state index contributed by atoms with van der Waals surface area (Å²) < 4.78 is 32.7. The molecule has 0 aromatic carbocycles. The van der Waals surface area contributed by atoms with Gasteiger partial charge < -0.3 is 14.5 Å². The minimum absolute atomic E-state index is 0.00822. The highest BCUT2D eigenvalue weighted by molar-refractivity contribution is 7.18. The van der Waals surface area contributed by atoms with E-state index in [1.165, 1.54) is 6.20 Å². The number of alkyl halides is 2. The third kappa shape index (κ3) is 3.32. The van der Waals surface area contributed by atoms with Crippen molar-refractivity contribution in [1.82, 2.24) is 9.88 Å². The van der Waals surface area contributed by atoms with Crippen LogP contribution in [0, 0.1) is 5.41 Å². The topological polar surface area (TPSA) is 45.7 Å². The summed E-state index contributed by atoms with van der Waals surface area (Å²) in [7, 11) is 0. The van der Waals surface area contributed by atoms with Crippen molar-refractivity contribution >= 4 is 33.3 Å². The molecule has 0 unspecified atom stereocenters. The number of nitrogens with zero attached hydrogens (tertiary/aromatic N) is 3. The molecule has 5 nitrogen and oxygen atoms in total. The molecule has 0 bridgehead atoms. The minimum Gasteiger partial charge on any atom is -0.444 e. The number of carbonyl (C=O) groups excluding carboxylic acids is 1. The Hall–Kier alpha value is -1.96. The molecule has 8 heteroatoms. The summed E-state index contributed by atoms with van der Waals surface area (Å²) in [5.41, 5.74) is 0.0644. The first-order valence-corrected chi connectivity index (χ1v) is 10.3. The molecule has 2 aromatic rings. The van der Waals surface area contributed by atoms with Gasteiger partial charge in [0, 0.05) is 48.1 Å². The number of pyridine rings is 1. The normalized spacial score (nSPS) is 18.5. The number of halogens is 2. The maximum atomic E-state index is 13.6. The number of likely N-dealkylation sites (tertiary alicyclic amines) is 1. The molecule has 0 atom stereocenters. The molecule has 2 fully saturated rings. The highest BCUT2D eigenvalue weighted by Gasteiger charge is 2.54. The largest absolute Gasteiger partial charge is 0.444 e. The van der Waals surface area contributed by atoms with Gasteiger partial charge in [-0.2, -0.15) is 0 Å². The number of ether oxygens (including phenoxy) is 1. The van der Waals surface area contributed by atoms with Crippen LogP contribution in [0.1, 0.15) is 44.6 Å². The predicted octanol–water partition coefficient (Wildman–Crippen LogP) is 4.85. The third-order valence-electron chi connectivity index (χ3n) is 5.27. The number of amides is 1. The third-order valence-corrected chi connectivity index (χ3v) is 6.46. The molecule has 2 aromatic heterocycles. The van der Waals surface area contributed by atoms with Crippen LogP contribution in [-0.4, -0.2) is 47.8 Å². The summed E-state index contributed by atoms with van der Waals surface area (Å²) >= 11 is 1.56. The highest BCUT2D eigenvalue weighted by atomic mass is 32.1. The fourth-order valence-corrected chi connectivity index (χ4v) is 5.01. The number of fused-ring (bicyclic) bond motifs is 1. The van der Waals surface area contributed by atoms with E-state index < -0.39 is 12.0 Å². The number of aryl methyl sites for hydroxylation is 1. The van der Waals surface area contributed by atoms with Crippen LogP contribution in [0.5, 0.6) is 0 Å². The van der Waals surface area contributed by atoms with Gasteiger partial charge in [-0.1, -0.05) is 6.92 Å².